The minimum absolute atomic E-state index is 0.117. The van der Waals surface area contributed by atoms with Crippen LogP contribution in [0.3, 0.4) is 0 Å². The van der Waals surface area contributed by atoms with Crippen LogP contribution in [0.5, 0.6) is 0 Å². The van der Waals surface area contributed by atoms with E-state index in [1.54, 1.807) is 0 Å². The Morgan fingerprint density at radius 1 is 1.35 bits per heavy atom. The number of rotatable bonds is 5. The summed E-state index contributed by atoms with van der Waals surface area (Å²) >= 11 is 0. The summed E-state index contributed by atoms with van der Waals surface area (Å²) in [4.78, 5) is 11.4. The Morgan fingerprint density at radius 3 is 2.55 bits per heavy atom. The zero-order chi connectivity index (χ0) is 14.8. The van der Waals surface area contributed by atoms with Crippen LogP contribution in [-0.2, 0) is 6.54 Å². The number of anilines is 1. The standard InChI is InChI=1S/C16H28N4/c1-12-14(10-18-16(2,3)4)9-17-15(19-12)20(5)11-13-7-6-8-13/h9,13,18H,6-8,10-11H2,1-5H3. The Morgan fingerprint density at radius 2 is 2.05 bits per heavy atom. The van der Waals surface area contributed by atoms with Crippen LogP contribution in [0.25, 0.3) is 0 Å². The van der Waals surface area contributed by atoms with E-state index in [4.69, 9.17) is 0 Å². The van der Waals surface area contributed by atoms with Gasteiger partial charge < -0.3 is 10.2 Å². The first-order valence-corrected chi connectivity index (χ1v) is 7.64. The smallest absolute Gasteiger partial charge is 0.225 e. The summed E-state index contributed by atoms with van der Waals surface area (Å²) in [7, 11) is 2.10. The SMILES string of the molecule is Cc1nc(N(C)CC2CCC2)ncc1CNC(C)(C)C. The quantitative estimate of drug-likeness (QED) is 0.898. The Kier molecular flexibility index (Phi) is 4.63. The fourth-order valence-corrected chi connectivity index (χ4v) is 2.34. The predicted octanol–water partition coefficient (Wildman–Crippen LogP) is 2.91. The minimum atomic E-state index is 0.117. The van der Waals surface area contributed by atoms with Crippen molar-refractivity contribution in [3.8, 4) is 0 Å². The fraction of sp³-hybridized carbons (Fsp3) is 0.750. The second-order valence-electron chi connectivity index (χ2n) is 7.06. The molecule has 0 aliphatic heterocycles. The maximum atomic E-state index is 4.66. The number of nitrogens with zero attached hydrogens (tertiary/aromatic N) is 3. The zero-order valence-electron chi connectivity index (χ0n) is 13.5. The van der Waals surface area contributed by atoms with Gasteiger partial charge in [-0.1, -0.05) is 6.42 Å². The first-order chi connectivity index (χ1) is 9.35. The summed E-state index contributed by atoms with van der Waals surface area (Å²) in [6.07, 6.45) is 6.07. The van der Waals surface area contributed by atoms with Gasteiger partial charge in [0.2, 0.25) is 5.95 Å². The Balaban J connectivity index is 1.97. The van der Waals surface area contributed by atoms with Crippen LogP contribution >= 0.6 is 0 Å². The van der Waals surface area contributed by atoms with Gasteiger partial charge in [0.15, 0.2) is 0 Å². The van der Waals surface area contributed by atoms with Crippen molar-refractivity contribution in [3.05, 3.63) is 17.5 Å². The van der Waals surface area contributed by atoms with Crippen LogP contribution in [0.1, 0.15) is 51.3 Å². The van der Waals surface area contributed by atoms with Gasteiger partial charge in [0.1, 0.15) is 0 Å². The molecule has 1 aliphatic carbocycles. The molecular weight excluding hydrogens is 248 g/mol. The maximum Gasteiger partial charge on any atom is 0.225 e. The van der Waals surface area contributed by atoms with Crippen LogP contribution in [0.15, 0.2) is 6.20 Å². The number of nitrogens with one attached hydrogen (secondary N) is 1. The monoisotopic (exact) mass is 276 g/mol. The molecular formula is C16H28N4. The van der Waals surface area contributed by atoms with Crippen molar-refractivity contribution >= 4 is 5.95 Å². The Hall–Kier alpha value is -1.16. The lowest BCUT2D eigenvalue weighted by atomic mass is 9.85. The second kappa shape index (κ2) is 6.08. The molecule has 0 unspecified atom stereocenters. The molecule has 0 radical (unpaired) electrons. The van der Waals surface area contributed by atoms with E-state index < -0.39 is 0 Å². The summed E-state index contributed by atoms with van der Waals surface area (Å²) in [5.41, 5.74) is 2.37. The van der Waals surface area contributed by atoms with Crippen molar-refractivity contribution in [2.45, 2.75) is 59.0 Å². The molecule has 4 heteroatoms. The molecule has 1 aromatic rings. The van der Waals surface area contributed by atoms with E-state index in [-0.39, 0.29) is 5.54 Å². The number of hydrogen-bond acceptors (Lipinski definition) is 4. The Bertz CT molecular complexity index is 446. The van der Waals surface area contributed by atoms with Crippen molar-refractivity contribution in [1.29, 1.82) is 0 Å². The molecule has 0 amide bonds. The highest BCUT2D eigenvalue weighted by atomic mass is 15.2. The van der Waals surface area contributed by atoms with E-state index in [0.717, 1.165) is 30.6 Å². The molecule has 1 saturated carbocycles. The van der Waals surface area contributed by atoms with Gasteiger partial charge in [-0.2, -0.15) is 0 Å². The van der Waals surface area contributed by atoms with E-state index in [1.807, 2.05) is 6.20 Å². The minimum Gasteiger partial charge on any atom is -0.344 e. The summed E-state index contributed by atoms with van der Waals surface area (Å²) in [5, 5.41) is 3.48. The summed E-state index contributed by atoms with van der Waals surface area (Å²) < 4.78 is 0. The number of hydrogen-bond donors (Lipinski definition) is 1. The first kappa shape index (κ1) is 15.2. The first-order valence-electron chi connectivity index (χ1n) is 7.64. The molecule has 1 fully saturated rings. The third-order valence-corrected chi connectivity index (χ3v) is 3.98. The topological polar surface area (TPSA) is 41.1 Å². The largest absolute Gasteiger partial charge is 0.344 e. The summed E-state index contributed by atoms with van der Waals surface area (Å²) in [5.74, 6) is 1.69. The lowest BCUT2D eigenvalue weighted by molar-refractivity contribution is 0.320. The molecule has 112 valence electrons. The van der Waals surface area contributed by atoms with Crippen LogP contribution in [0.2, 0.25) is 0 Å². The summed E-state index contributed by atoms with van der Waals surface area (Å²) in [6, 6.07) is 0. The average Bonchev–Trinajstić information content (AvgIpc) is 2.30. The predicted molar refractivity (Wildman–Crippen MR) is 84.0 cm³/mol. The number of aromatic nitrogens is 2. The molecule has 4 nitrogen and oxygen atoms in total. The molecule has 2 rings (SSSR count). The zero-order valence-corrected chi connectivity index (χ0v) is 13.5. The van der Waals surface area contributed by atoms with Crippen molar-refractivity contribution in [1.82, 2.24) is 15.3 Å². The Labute approximate surface area is 123 Å². The lowest BCUT2D eigenvalue weighted by Crippen LogP contribution is -2.35. The van der Waals surface area contributed by atoms with Gasteiger partial charge in [-0.15, -0.1) is 0 Å². The normalized spacial score (nSPS) is 16.1. The van der Waals surface area contributed by atoms with Gasteiger partial charge in [0.25, 0.3) is 0 Å². The van der Waals surface area contributed by atoms with Gasteiger partial charge in [-0.25, -0.2) is 9.97 Å². The van der Waals surface area contributed by atoms with E-state index >= 15 is 0 Å². The van der Waals surface area contributed by atoms with E-state index in [9.17, 15) is 0 Å². The van der Waals surface area contributed by atoms with Crippen molar-refractivity contribution in [2.24, 2.45) is 5.92 Å². The van der Waals surface area contributed by atoms with E-state index in [0.29, 0.717) is 0 Å². The highest BCUT2D eigenvalue weighted by Crippen LogP contribution is 2.27. The highest BCUT2D eigenvalue weighted by molar-refractivity contribution is 5.32. The van der Waals surface area contributed by atoms with Gasteiger partial charge in [0.05, 0.1) is 0 Å². The molecule has 0 aromatic carbocycles. The highest BCUT2D eigenvalue weighted by Gasteiger charge is 2.20. The maximum absolute atomic E-state index is 4.66. The van der Waals surface area contributed by atoms with Crippen LogP contribution in [0, 0.1) is 12.8 Å². The van der Waals surface area contributed by atoms with Gasteiger partial charge in [0, 0.05) is 43.1 Å². The number of aryl methyl sites for hydroxylation is 1. The molecule has 0 atom stereocenters. The second-order valence-corrected chi connectivity index (χ2v) is 7.06. The van der Waals surface area contributed by atoms with Gasteiger partial charge in [-0.05, 0) is 46.5 Å². The van der Waals surface area contributed by atoms with Crippen molar-refractivity contribution in [2.75, 3.05) is 18.5 Å². The third kappa shape index (κ3) is 4.17. The molecule has 0 saturated heterocycles. The molecule has 20 heavy (non-hydrogen) atoms. The molecule has 1 heterocycles. The molecule has 1 N–H and O–H groups in total. The van der Waals surface area contributed by atoms with Gasteiger partial charge >= 0.3 is 0 Å². The van der Waals surface area contributed by atoms with Crippen molar-refractivity contribution in [3.63, 3.8) is 0 Å². The van der Waals surface area contributed by atoms with Crippen LogP contribution in [0.4, 0.5) is 5.95 Å². The van der Waals surface area contributed by atoms with Crippen LogP contribution < -0.4 is 10.2 Å². The van der Waals surface area contributed by atoms with Crippen LogP contribution in [-0.4, -0.2) is 29.1 Å². The third-order valence-electron chi connectivity index (χ3n) is 3.98. The molecule has 1 aromatic heterocycles. The molecule has 1 aliphatic rings. The van der Waals surface area contributed by atoms with Gasteiger partial charge in [-0.3, -0.25) is 0 Å². The van der Waals surface area contributed by atoms with E-state index in [2.05, 4.69) is 54.9 Å². The average molecular weight is 276 g/mol. The molecule has 0 bridgehead atoms. The van der Waals surface area contributed by atoms with E-state index in [1.165, 1.54) is 24.8 Å². The van der Waals surface area contributed by atoms with Crippen molar-refractivity contribution < 1.29 is 0 Å². The summed E-state index contributed by atoms with van der Waals surface area (Å²) in [6.45, 7) is 10.5. The lowest BCUT2D eigenvalue weighted by Gasteiger charge is -2.30. The fourth-order valence-electron chi connectivity index (χ4n) is 2.34. The molecule has 0 spiro atoms.